The van der Waals surface area contributed by atoms with Crippen LogP contribution in [0.25, 0.3) is 10.9 Å². The molecule has 3 heteroatoms. The Bertz CT molecular complexity index is 514. The standard InChI is InChI=1S/C13H18N2O/c1-4-15-9(2)12(8-14)11-7-10(16-3)5-6-13(11)15/h5-7H,4,8,14H2,1-3H3. The van der Waals surface area contributed by atoms with Crippen LogP contribution >= 0.6 is 0 Å². The van der Waals surface area contributed by atoms with E-state index in [0.29, 0.717) is 6.54 Å². The van der Waals surface area contributed by atoms with E-state index < -0.39 is 0 Å². The van der Waals surface area contributed by atoms with Crippen LogP contribution in [-0.2, 0) is 13.1 Å². The summed E-state index contributed by atoms with van der Waals surface area (Å²) in [5.74, 6) is 0.885. The highest BCUT2D eigenvalue weighted by molar-refractivity contribution is 5.86. The lowest BCUT2D eigenvalue weighted by atomic mass is 10.1. The molecule has 0 atom stereocenters. The topological polar surface area (TPSA) is 40.2 Å². The number of hydrogen-bond acceptors (Lipinski definition) is 2. The maximum absolute atomic E-state index is 5.82. The molecule has 0 amide bonds. The molecule has 1 aromatic heterocycles. The second-order valence-corrected chi connectivity index (χ2v) is 3.90. The summed E-state index contributed by atoms with van der Waals surface area (Å²) >= 11 is 0. The van der Waals surface area contributed by atoms with Gasteiger partial charge in [-0.15, -0.1) is 0 Å². The zero-order valence-corrected chi connectivity index (χ0v) is 10.1. The van der Waals surface area contributed by atoms with Crippen molar-refractivity contribution in [3.63, 3.8) is 0 Å². The Kier molecular flexibility index (Phi) is 2.88. The molecular weight excluding hydrogens is 200 g/mol. The van der Waals surface area contributed by atoms with Gasteiger partial charge in [0.05, 0.1) is 7.11 Å². The van der Waals surface area contributed by atoms with Gasteiger partial charge in [-0.3, -0.25) is 0 Å². The number of fused-ring (bicyclic) bond motifs is 1. The number of aromatic nitrogens is 1. The van der Waals surface area contributed by atoms with E-state index in [4.69, 9.17) is 10.5 Å². The van der Waals surface area contributed by atoms with Gasteiger partial charge in [-0.05, 0) is 37.6 Å². The van der Waals surface area contributed by atoms with Crippen molar-refractivity contribution < 1.29 is 4.74 Å². The van der Waals surface area contributed by atoms with Gasteiger partial charge in [0, 0.05) is 29.7 Å². The van der Waals surface area contributed by atoms with Crippen molar-refractivity contribution in [2.75, 3.05) is 7.11 Å². The van der Waals surface area contributed by atoms with Crippen LogP contribution in [0.4, 0.5) is 0 Å². The third kappa shape index (κ3) is 1.48. The van der Waals surface area contributed by atoms with E-state index >= 15 is 0 Å². The predicted octanol–water partition coefficient (Wildman–Crippen LogP) is 2.44. The summed E-state index contributed by atoms with van der Waals surface area (Å²) in [5.41, 5.74) is 9.54. The molecule has 1 heterocycles. The zero-order valence-electron chi connectivity index (χ0n) is 10.1. The van der Waals surface area contributed by atoms with Gasteiger partial charge in [0.15, 0.2) is 0 Å². The van der Waals surface area contributed by atoms with Crippen LogP contribution in [-0.4, -0.2) is 11.7 Å². The molecular formula is C13H18N2O. The Morgan fingerprint density at radius 1 is 1.38 bits per heavy atom. The molecule has 0 fully saturated rings. The minimum atomic E-state index is 0.572. The summed E-state index contributed by atoms with van der Waals surface area (Å²) < 4.78 is 7.54. The van der Waals surface area contributed by atoms with Crippen molar-refractivity contribution in [2.45, 2.75) is 26.9 Å². The maximum Gasteiger partial charge on any atom is 0.119 e. The van der Waals surface area contributed by atoms with Gasteiger partial charge < -0.3 is 15.0 Å². The first-order valence-electron chi connectivity index (χ1n) is 5.58. The fourth-order valence-corrected chi connectivity index (χ4v) is 2.32. The number of nitrogens with zero attached hydrogens (tertiary/aromatic N) is 1. The first kappa shape index (κ1) is 11.0. The first-order valence-corrected chi connectivity index (χ1v) is 5.58. The summed E-state index contributed by atoms with van der Waals surface area (Å²) in [6.07, 6.45) is 0. The van der Waals surface area contributed by atoms with Crippen molar-refractivity contribution in [1.82, 2.24) is 4.57 Å². The molecule has 16 heavy (non-hydrogen) atoms. The van der Waals surface area contributed by atoms with Gasteiger partial charge in [0.2, 0.25) is 0 Å². The van der Waals surface area contributed by atoms with E-state index in [1.165, 1.54) is 22.2 Å². The fourth-order valence-electron chi connectivity index (χ4n) is 2.32. The summed E-state index contributed by atoms with van der Waals surface area (Å²) in [4.78, 5) is 0. The lowest BCUT2D eigenvalue weighted by Crippen LogP contribution is -2.00. The maximum atomic E-state index is 5.82. The average molecular weight is 218 g/mol. The van der Waals surface area contributed by atoms with Gasteiger partial charge in [-0.2, -0.15) is 0 Å². The molecule has 2 N–H and O–H groups in total. The number of hydrogen-bond donors (Lipinski definition) is 1. The van der Waals surface area contributed by atoms with Crippen molar-refractivity contribution in [1.29, 1.82) is 0 Å². The number of rotatable bonds is 3. The molecule has 0 bridgehead atoms. The van der Waals surface area contributed by atoms with E-state index in [-0.39, 0.29) is 0 Å². The molecule has 0 radical (unpaired) electrons. The van der Waals surface area contributed by atoms with E-state index in [9.17, 15) is 0 Å². The highest BCUT2D eigenvalue weighted by Gasteiger charge is 2.12. The van der Waals surface area contributed by atoms with Crippen molar-refractivity contribution in [3.05, 3.63) is 29.5 Å². The van der Waals surface area contributed by atoms with Crippen LogP contribution in [0.15, 0.2) is 18.2 Å². The molecule has 0 unspecified atom stereocenters. The molecule has 1 aromatic carbocycles. The van der Waals surface area contributed by atoms with Crippen LogP contribution < -0.4 is 10.5 Å². The minimum absolute atomic E-state index is 0.572. The second kappa shape index (κ2) is 4.18. The summed E-state index contributed by atoms with van der Waals surface area (Å²) in [6, 6.07) is 6.16. The number of ether oxygens (including phenoxy) is 1. The number of aryl methyl sites for hydroxylation is 1. The smallest absolute Gasteiger partial charge is 0.119 e. The van der Waals surface area contributed by atoms with Crippen LogP contribution in [0, 0.1) is 6.92 Å². The third-order valence-electron chi connectivity index (χ3n) is 3.18. The summed E-state index contributed by atoms with van der Waals surface area (Å²) in [6.45, 7) is 5.81. The number of benzene rings is 1. The molecule has 0 spiro atoms. The highest BCUT2D eigenvalue weighted by Crippen LogP contribution is 2.28. The van der Waals surface area contributed by atoms with Gasteiger partial charge in [-0.25, -0.2) is 0 Å². The number of methoxy groups -OCH3 is 1. The van der Waals surface area contributed by atoms with Crippen LogP contribution in [0.5, 0.6) is 5.75 Å². The second-order valence-electron chi connectivity index (χ2n) is 3.90. The normalized spacial score (nSPS) is 11.0. The van der Waals surface area contributed by atoms with E-state index in [0.717, 1.165) is 12.3 Å². The summed E-state index contributed by atoms with van der Waals surface area (Å²) in [7, 11) is 1.69. The van der Waals surface area contributed by atoms with Crippen LogP contribution in [0.1, 0.15) is 18.2 Å². The fraction of sp³-hybridized carbons (Fsp3) is 0.385. The largest absolute Gasteiger partial charge is 0.497 e. The third-order valence-corrected chi connectivity index (χ3v) is 3.18. The molecule has 3 nitrogen and oxygen atoms in total. The van der Waals surface area contributed by atoms with Gasteiger partial charge >= 0.3 is 0 Å². The quantitative estimate of drug-likeness (QED) is 0.859. The molecule has 2 aromatic rings. The van der Waals surface area contributed by atoms with Crippen molar-refractivity contribution >= 4 is 10.9 Å². The Morgan fingerprint density at radius 3 is 2.69 bits per heavy atom. The van der Waals surface area contributed by atoms with Gasteiger partial charge in [0.25, 0.3) is 0 Å². The molecule has 0 saturated heterocycles. The lowest BCUT2D eigenvalue weighted by molar-refractivity contribution is 0.415. The molecule has 86 valence electrons. The minimum Gasteiger partial charge on any atom is -0.497 e. The Labute approximate surface area is 95.8 Å². The molecule has 0 aliphatic rings. The Hall–Kier alpha value is -1.48. The summed E-state index contributed by atoms with van der Waals surface area (Å²) in [5, 5.41) is 1.21. The van der Waals surface area contributed by atoms with Crippen LogP contribution in [0.2, 0.25) is 0 Å². The Balaban J connectivity index is 2.78. The number of nitrogens with two attached hydrogens (primary N) is 1. The predicted molar refractivity (Wildman–Crippen MR) is 66.8 cm³/mol. The van der Waals surface area contributed by atoms with Crippen LogP contribution in [0.3, 0.4) is 0 Å². The zero-order chi connectivity index (χ0) is 11.7. The Morgan fingerprint density at radius 2 is 2.12 bits per heavy atom. The van der Waals surface area contributed by atoms with E-state index in [1.54, 1.807) is 7.11 Å². The van der Waals surface area contributed by atoms with E-state index in [2.05, 4.69) is 30.5 Å². The highest BCUT2D eigenvalue weighted by atomic mass is 16.5. The van der Waals surface area contributed by atoms with Crippen molar-refractivity contribution in [2.24, 2.45) is 5.73 Å². The molecule has 0 aliphatic carbocycles. The lowest BCUT2D eigenvalue weighted by Gasteiger charge is -2.04. The van der Waals surface area contributed by atoms with Gasteiger partial charge in [0.1, 0.15) is 5.75 Å². The van der Waals surface area contributed by atoms with Gasteiger partial charge in [-0.1, -0.05) is 0 Å². The monoisotopic (exact) mass is 218 g/mol. The molecule has 0 aliphatic heterocycles. The average Bonchev–Trinajstić information content (AvgIpc) is 2.59. The SMILES string of the molecule is CCn1c(C)c(CN)c2cc(OC)ccc21. The molecule has 2 rings (SSSR count). The first-order chi connectivity index (χ1) is 7.72. The van der Waals surface area contributed by atoms with E-state index in [1.807, 2.05) is 6.07 Å². The van der Waals surface area contributed by atoms with Crippen molar-refractivity contribution in [3.8, 4) is 5.75 Å². The molecule has 0 saturated carbocycles.